The molecule has 14 heavy (non-hydrogen) atoms. The highest BCUT2D eigenvalue weighted by atomic mass is 35.5. The number of nitrogens with zero attached hydrogens (tertiary/aromatic N) is 1. The van der Waals surface area contributed by atoms with Gasteiger partial charge < -0.3 is 10.2 Å². The number of fused-ring (bicyclic) bond motifs is 1. The number of hydrogen-bond donors (Lipinski definition) is 1. The molecule has 0 fully saturated rings. The van der Waals surface area contributed by atoms with Gasteiger partial charge in [0.15, 0.2) is 0 Å². The molecule has 0 spiro atoms. The number of anilines is 2. The summed E-state index contributed by atoms with van der Waals surface area (Å²) < 4.78 is 0. The average Bonchev–Trinajstić information content (AvgIpc) is 2.17. The van der Waals surface area contributed by atoms with Crippen LogP contribution in [-0.2, 0) is 0 Å². The smallest absolute Gasteiger partial charge is 0.0619 e. The van der Waals surface area contributed by atoms with E-state index in [0.29, 0.717) is 6.04 Å². The first-order valence-electron chi connectivity index (χ1n) is 5.02. The monoisotopic (exact) mass is 210 g/mol. The van der Waals surface area contributed by atoms with E-state index in [1.807, 2.05) is 18.2 Å². The van der Waals surface area contributed by atoms with Gasteiger partial charge in [0.25, 0.3) is 0 Å². The van der Waals surface area contributed by atoms with Crippen LogP contribution in [0.4, 0.5) is 11.4 Å². The molecule has 0 amide bonds. The highest BCUT2D eigenvalue weighted by Gasteiger charge is 2.21. The third kappa shape index (κ3) is 1.55. The molecule has 1 atom stereocenters. The maximum Gasteiger partial charge on any atom is 0.0619 e. The predicted molar refractivity (Wildman–Crippen MR) is 62.4 cm³/mol. The first-order valence-corrected chi connectivity index (χ1v) is 5.40. The third-order valence-corrected chi connectivity index (χ3v) is 2.96. The van der Waals surface area contributed by atoms with Crippen molar-refractivity contribution in [2.24, 2.45) is 0 Å². The quantitative estimate of drug-likeness (QED) is 0.767. The summed E-state index contributed by atoms with van der Waals surface area (Å²) in [6.07, 6.45) is 0. The lowest BCUT2D eigenvalue weighted by Gasteiger charge is -2.37. The maximum atomic E-state index is 5.99. The second-order valence-electron chi connectivity index (χ2n) is 3.68. The summed E-state index contributed by atoms with van der Waals surface area (Å²) in [5.74, 6) is 0. The molecule has 1 unspecified atom stereocenters. The standard InChI is InChI=1S/C11H15ClN2/c1-3-14-8(2)7-13-10-5-4-9(12)6-11(10)14/h4-6,8,13H,3,7H2,1-2H3. The molecule has 0 saturated carbocycles. The van der Waals surface area contributed by atoms with Gasteiger partial charge in [-0.2, -0.15) is 0 Å². The van der Waals surface area contributed by atoms with Gasteiger partial charge in [0.1, 0.15) is 0 Å². The van der Waals surface area contributed by atoms with Crippen LogP contribution in [0.3, 0.4) is 0 Å². The molecule has 1 N–H and O–H groups in total. The first-order chi connectivity index (χ1) is 6.72. The van der Waals surface area contributed by atoms with Crippen LogP contribution < -0.4 is 10.2 Å². The molecule has 1 aliphatic heterocycles. The summed E-state index contributed by atoms with van der Waals surface area (Å²) in [5.41, 5.74) is 2.41. The van der Waals surface area contributed by atoms with Crippen molar-refractivity contribution in [3.05, 3.63) is 23.2 Å². The van der Waals surface area contributed by atoms with Crippen molar-refractivity contribution >= 4 is 23.0 Å². The minimum Gasteiger partial charge on any atom is -0.381 e. The lowest BCUT2D eigenvalue weighted by molar-refractivity contribution is 0.659. The van der Waals surface area contributed by atoms with Crippen LogP contribution in [0.2, 0.25) is 5.02 Å². The van der Waals surface area contributed by atoms with E-state index in [1.54, 1.807) is 0 Å². The van der Waals surface area contributed by atoms with Gasteiger partial charge >= 0.3 is 0 Å². The molecule has 0 bridgehead atoms. The predicted octanol–water partition coefficient (Wildman–Crippen LogP) is 2.98. The molecule has 0 radical (unpaired) electrons. The number of benzene rings is 1. The number of hydrogen-bond acceptors (Lipinski definition) is 2. The molecule has 0 saturated heterocycles. The highest BCUT2D eigenvalue weighted by molar-refractivity contribution is 6.31. The first kappa shape index (κ1) is 9.66. The van der Waals surface area contributed by atoms with Gasteiger partial charge in [0.05, 0.1) is 11.4 Å². The van der Waals surface area contributed by atoms with Gasteiger partial charge in [-0.3, -0.25) is 0 Å². The lowest BCUT2D eigenvalue weighted by Crippen LogP contribution is -2.41. The van der Waals surface area contributed by atoms with Gasteiger partial charge in [0, 0.05) is 24.2 Å². The van der Waals surface area contributed by atoms with Crippen LogP contribution in [0.25, 0.3) is 0 Å². The Balaban J connectivity index is 2.43. The molecule has 2 nitrogen and oxygen atoms in total. The van der Waals surface area contributed by atoms with Crippen molar-refractivity contribution in [2.45, 2.75) is 19.9 Å². The zero-order chi connectivity index (χ0) is 10.1. The summed E-state index contributed by atoms with van der Waals surface area (Å²) in [6, 6.07) is 6.54. The van der Waals surface area contributed by atoms with Crippen molar-refractivity contribution in [3.63, 3.8) is 0 Å². The van der Waals surface area contributed by atoms with Gasteiger partial charge in [0.2, 0.25) is 0 Å². The van der Waals surface area contributed by atoms with Crippen LogP contribution in [0.15, 0.2) is 18.2 Å². The van der Waals surface area contributed by atoms with Gasteiger partial charge in [-0.1, -0.05) is 11.6 Å². The SMILES string of the molecule is CCN1c2cc(Cl)ccc2NCC1C. The Kier molecular flexibility index (Phi) is 2.55. The zero-order valence-electron chi connectivity index (χ0n) is 8.55. The molecule has 1 aromatic carbocycles. The number of rotatable bonds is 1. The van der Waals surface area contributed by atoms with Crippen LogP contribution in [0.1, 0.15) is 13.8 Å². The molecule has 1 heterocycles. The molecule has 1 aromatic rings. The summed E-state index contributed by atoms with van der Waals surface area (Å²) in [5, 5.41) is 4.21. The van der Waals surface area contributed by atoms with E-state index < -0.39 is 0 Å². The van der Waals surface area contributed by atoms with Crippen molar-refractivity contribution in [2.75, 3.05) is 23.3 Å². The van der Waals surface area contributed by atoms with Gasteiger partial charge in [-0.25, -0.2) is 0 Å². The minimum absolute atomic E-state index is 0.533. The summed E-state index contributed by atoms with van der Waals surface area (Å²) in [4.78, 5) is 2.37. The third-order valence-electron chi connectivity index (χ3n) is 2.73. The lowest BCUT2D eigenvalue weighted by atomic mass is 10.1. The fourth-order valence-corrected chi connectivity index (χ4v) is 2.15. The van der Waals surface area contributed by atoms with Crippen molar-refractivity contribution in [3.8, 4) is 0 Å². The van der Waals surface area contributed by atoms with E-state index in [9.17, 15) is 0 Å². The van der Waals surface area contributed by atoms with Crippen molar-refractivity contribution in [1.82, 2.24) is 0 Å². The molecule has 2 rings (SSSR count). The van der Waals surface area contributed by atoms with E-state index in [0.717, 1.165) is 18.1 Å². The van der Waals surface area contributed by atoms with Crippen LogP contribution in [0, 0.1) is 0 Å². The summed E-state index contributed by atoms with van der Waals surface area (Å²) in [7, 11) is 0. The van der Waals surface area contributed by atoms with Crippen LogP contribution >= 0.6 is 11.6 Å². The molecule has 0 aliphatic carbocycles. The second kappa shape index (κ2) is 3.70. The average molecular weight is 211 g/mol. The second-order valence-corrected chi connectivity index (χ2v) is 4.11. The number of nitrogens with one attached hydrogen (secondary N) is 1. The molecule has 0 aromatic heterocycles. The van der Waals surface area contributed by atoms with E-state index in [2.05, 4.69) is 24.1 Å². The normalized spacial score (nSPS) is 20.2. The Morgan fingerprint density at radius 2 is 2.36 bits per heavy atom. The summed E-state index contributed by atoms with van der Waals surface area (Å²) in [6.45, 7) is 6.42. The van der Waals surface area contributed by atoms with E-state index in [-0.39, 0.29) is 0 Å². The molecular formula is C11H15ClN2. The zero-order valence-corrected chi connectivity index (χ0v) is 9.30. The largest absolute Gasteiger partial charge is 0.381 e. The fraction of sp³-hybridized carbons (Fsp3) is 0.455. The Hall–Kier alpha value is -0.890. The highest BCUT2D eigenvalue weighted by Crippen LogP contribution is 2.33. The Bertz CT molecular complexity index is 338. The van der Waals surface area contributed by atoms with Gasteiger partial charge in [-0.05, 0) is 32.0 Å². The molecule has 3 heteroatoms. The Morgan fingerprint density at radius 1 is 1.57 bits per heavy atom. The van der Waals surface area contributed by atoms with Crippen molar-refractivity contribution < 1.29 is 0 Å². The van der Waals surface area contributed by atoms with E-state index in [4.69, 9.17) is 11.6 Å². The Labute approximate surface area is 89.9 Å². The minimum atomic E-state index is 0.533. The molecule has 1 aliphatic rings. The van der Waals surface area contributed by atoms with E-state index >= 15 is 0 Å². The van der Waals surface area contributed by atoms with Crippen LogP contribution in [0.5, 0.6) is 0 Å². The Morgan fingerprint density at radius 3 is 3.07 bits per heavy atom. The maximum absolute atomic E-state index is 5.99. The molecule has 76 valence electrons. The molecular weight excluding hydrogens is 196 g/mol. The van der Waals surface area contributed by atoms with E-state index in [1.165, 1.54) is 11.4 Å². The summed E-state index contributed by atoms with van der Waals surface area (Å²) >= 11 is 5.99. The number of halogens is 1. The topological polar surface area (TPSA) is 15.3 Å². The number of likely N-dealkylation sites (N-methyl/N-ethyl adjacent to an activating group) is 1. The fourth-order valence-electron chi connectivity index (χ4n) is 1.98. The van der Waals surface area contributed by atoms with Crippen molar-refractivity contribution in [1.29, 1.82) is 0 Å². The van der Waals surface area contributed by atoms with Gasteiger partial charge in [-0.15, -0.1) is 0 Å². The van der Waals surface area contributed by atoms with Crippen LogP contribution in [-0.4, -0.2) is 19.1 Å².